The highest BCUT2D eigenvalue weighted by Crippen LogP contribution is 2.19. The molecule has 17 heavy (non-hydrogen) atoms. The fraction of sp³-hybridized carbons (Fsp3) is 0.200. The van der Waals surface area contributed by atoms with Crippen LogP contribution in [0.3, 0.4) is 0 Å². The van der Waals surface area contributed by atoms with Crippen LogP contribution in [0.2, 0.25) is 0 Å². The maximum Gasteiger partial charge on any atom is 0.305 e. The normalized spacial score (nSPS) is 11.9. The summed E-state index contributed by atoms with van der Waals surface area (Å²) in [7, 11) is 0. The van der Waals surface area contributed by atoms with E-state index >= 15 is 0 Å². The highest BCUT2D eigenvalue weighted by Gasteiger charge is 2.17. The number of rotatable bonds is 4. The number of carbonyl (C=O) groups excluding carboxylic acids is 1. The molecule has 1 unspecified atom stereocenters. The average molecular weight is 305 g/mol. The summed E-state index contributed by atoms with van der Waals surface area (Å²) >= 11 is 2.97. The van der Waals surface area contributed by atoms with Crippen LogP contribution in [0, 0.1) is 5.82 Å². The van der Waals surface area contributed by atoms with Gasteiger partial charge in [0.25, 0.3) is 0 Å². The van der Waals surface area contributed by atoms with Crippen LogP contribution in [0.1, 0.15) is 6.42 Å². The Balaban J connectivity index is 2.67. The molecule has 1 atom stereocenters. The Labute approximate surface area is 105 Å². The predicted molar refractivity (Wildman–Crippen MR) is 63.0 cm³/mol. The summed E-state index contributed by atoms with van der Waals surface area (Å²) in [5, 5.41) is 10.8. The highest BCUT2D eigenvalue weighted by molar-refractivity contribution is 9.10. The minimum atomic E-state index is -1.17. The quantitative estimate of drug-likeness (QED) is 0.782. The molecule has 7 heteroatoms. The highest BCUT2D eigenvalue weighted by atomic mass is 79.9. The summed E-state index contributed by atoms with van der Waals surface area (Å²) in [4.78, 5) is 21.7. The zero-order valence-electron chi connectivity index (χ0n) is 8.61. The Morgan fingerprint density at radius 3 is 2.71 bits per heavy atom. The number of carboxylic acids is 1. The van der Waals surface area contributed by atoms with Gasteiger partial charge in [0, 0.05) is 5.69 Å². The molecule has 0 saturated carbocycles. The molecule has 0 heterocycles. The van der Waals surface area contributed by atoms with Crippen molar-refractivity contribution in [3.63, 3.8) is 0 Å². The molecule has 0 aromatic heterocycles. The lowest BCUT2D eigenvalue weighted by molar-refractivity contribution is -0.138. The third-order valence-electron chi connectivity index (χ3n) is 1.92. The van der Waals surface area contributed by atoms with Crippen LogP contribution in [-0.2, 0) is 9.59 Å². The van der Waals surface area contributed by atoms with Crippen molar-refractivity contribution in [3.8, 4) is 0 Å². The molecule has 0 fully saturated rings. The number of aliphatic carboxylic acids is 1. The van der Waals surface area contributed by atoms with Gasteiger partial charge < -0.3 is 16.2 Å². The fourth-order valence-electron chi connectivity index (χ4n) is 1.09. The number of hydrogen-bond acceptors (Lipinski definition) is 3. The summed E-state index contributed by atoms with van der Waals surface area (Å²) in [6, 6.07) is 2.83. The van der Waals surface area contributed by atoms with Crippen molar-refractivity contribution in [1.82, 2.24) is 0 Å². The minimum Gasteiger partial charge on any atom is -0.481 e. The molecule has 0 aliphatic rings. The Hall–Kier alpha value is -1.47. The van der Waals surface area contributed by atoms with Gasteiger partial charge in [-0.25, -0.2) is 4.39 Å². The molecule has 1 aromatic carbocycles. The van der Waals surface area contributed by atoms with Gasteiger partial charge in [-0.1, -0.05) is 0 Å². The molecule has 92 valence electrons. The minimum absolute atomic E-state index is 0.219. The molecule has 0 aliphatic heterocycles. The molecule has 0 bridgehead atoms. The predicted octanol–water partition coefficient (Wildman–Crippen LogP) is 1.33. The number of nitrogens with two attached hydrogens (primary N) is 1. The van der Waals surface area contributed by atoms with Crippen LogP contribution in [0.25, 0.3) is 0 Å². The van der Waals surface area contributed by atoms with Crippen molar-refractivity contribution >= 4 is 33.5 Å². The standard InChI is InChI=1S/C10H10BrFN2O3/c11-6-2-1-5(3-7(6)12)14-10(17)8(13)4-9(15)16/h1-3,8H,4,13H2,(H,14,17)(H,15,16). The van der Waals surface area contributed by atoms with Crippen molar-refractivity contribution in [2.75, 3.05) is 5.32 Å². The van der Waals surface area contributed by atoms with Crippen molar-refractivity contribution in [1.29, 1.82) is 0 Å². The molecule has 0 saturated heterocycles. The molecule has 4 N–H and O–H groups in total. The number of hydrogen-bond donors (Lipinski definition) is 3. The van der Waals surface area contributed by atoms with Crippen LogP contribution in [0.5, 0.6) is 0 Å². The number of amides is 1. The maximum absolute atomic E-state index is 13.1. The van der Waals surface area contributed by atoms with Crippen molar-refractivity contribution in [3.05, 3.63) is 28.5 Å². The van der Waals surface area contributed by atoms with Gasteiger partial charge in [-0.2, -0.15) is 0 Å². The van der Waals surface area contributed by atoms with Gasteiger partial charge >= 0.3 is 5.97 Å². The first-order valence-electron chi connectivity index (χ1n) is 4.63. The van der Waals surface area contributed by atoms with E-state index in [-0.39, 0.29) is 10.2 Å². The van der Waals surface area contributed by atoms with Crippen LogP contribution < -0.4 is 11.1 Å². The third-order valence-corrected chi connectivity index (χ3v) is 2.56. The lowest BCUT2D eigenvalue weighted by Crippen LogP contribution is -2.37. The van der Waals surface area contributed by atoms with Gasteiger partial charge in [0.05, 0.1) is 16.9 Å². The first-order chi connectivity index (χ1) is 7.90. The summed E-state index contributed by atoms with van der Waals surface area (Å²) in [5.41, 5.74) is 5.56. The van der Waals surface area contributed by atoms with Crippen LogP contribution in [0.15, 0.2) is 22.7 Å². The molecule has 1 aromatic rings. The molecular formula is C10H10BrFN2O3. The number of anilines is 1. The monoisotopic (exact) mass is 304 g/mol. The topological polar surface area (TPSA) is 92.4 Å². The van der Waals surface area contributed by atoms with Crippen molar-refractivity contribution in [2.24, 2.45) is 5.73 Å². The van der Waals surface area contributed by atoms with Gasteiger partial charge in [-0.15, -0.1) is 0 Å². The third kappa shape index (κ3) is 4.12. The van der Waals surface area contributed by atoms with Gasteiger partial charge in [-0.3, -0.25) is 9.59 Å². The number of halogens is 2. The van der Waals surface area contributed by atoms with Gasteiger partial charge in [0.1, 0.15) is 5.82 Å². The maximum atomic E-state index is 13.1. The lowest BCUT2D eigenvalue weighted by Gasteiger charge is -2.10. The zero-order valence-corrected chi connectivity index (χ0v) is 10.2. The van der Waals surface area contributed by atoms with Gasteiger partial charge in [0.2, 0.25) is 5.91 Å². The molecule has 0 radical (unpaired) electrons. The number of nitrogens with one attached hydrogen (secondary N) is 1. The molecule has 0 aliphatic carbocycles. The van der Waals surface area contributed by atoms with E-state index < -0.39 is 30.2 Å². The summed E-state index contributed by atoms with van der Waals surface area (Å²) in [6.07, 6.45) is -0.481. The Kier molecular flexibility index (Phi) is 4.59. The van der Waals surface area contributed by atoms with Gasteiger partial charge in [0.15, 0.2) is 0 Å². The van der Waals surface area contributed by atoms with E-state index in [0.29, 0.717) is 0 Å². The Morgan fingerprint density at radius 2 is 2.18 bits per heavy atom. The summed E-state index contributed by atoms with van der Waals surface area (Å²) in [6.45, 7) is 0. The molecule has 0 spiro atoms. The Bertz CT molecular complexity index is 453. The molecule has 5 nitrogen and oxygen atoms in total. The van der Waals surface area contributed by atoms with E-state index in [2.05, 4.69) is 21.2 Å². The van der Waals surface area contributed by atoms with E-state index in [1.54, 1.807) is 0 Å². The summed E-state index contributed by atoms with van der Waals surface area (Å²) in [5.74, 6) is -2.38. The van der Waals surface area contributed by atoms with E-state index in [9.17, 15) is 14.0 Å². The van der Waals surface area contributed by atoms with Crippen LogP contribution in [0.4, 0.5) is 10.1 Å². The second-order valence-electron chi connectivity index (χ2n) is 3.32. The first-order valence-corrected chi connectivity index (χ1v) is 5.42. The smallest absolute Gasteiger partial charge is 0.305 e. The second-order valence-corrected chi connectivity index (χ2v) is 4.18. The molecule has 1 rings (SSSR count). The fourth-order valence-corrected chi connectivity index (χ4v) is 1.34. The Morgan fingerprint density at radius 1 is 1.53 bits per heavy atom. The van der Waals surface area contributed by atoms with Gasteiger partial charge in [-0.05, 0) is 34.1 Å². The second kappa shape index (κ2) is 5.74. The number of benzene rings is 1. The summed E-state index contributed by atoms with van der Waals surface area (Å²) < 4.78 is 13.4. The molecular weight excluding hydrogens is 295 g/mol. The average Bonchev–Trinajstić information content (AvgIpc) is 2.22. The SMILES string of the molecule is NC(CC(=O)O)C(=O)Nc1ccc(Br)c(F)c1. The van der Waals surface area contributed by atoms with E-state index in [0.717, 1.165) is 6.07 Å². The van der Waals surface area contributed by atoms with Crippen LogP contribution >= 0.6 is 15.9 Å². The number of carboxylic acid groups (broad SMARTS) is 1. The van der Waals surface area contributed by atoms with Crippen molar-refractivity contribution < 1.29 is 19.1 Å². The zero-order chi connectivity index (χ0) is 13.0. The van der Waals surface area contributed by atoms with E-state index in [1.165, 1.54) is 12.1 Å². The largest absolute Gasteiger partial charge is 0.481 e. The number of carbonyl (C=O) groups is 2. The lowest BCUT2D eigenvalue weighted by atomic mass is 10.2. The van der Waals surface area contributed by atoms with Crippen molar-refractivity contribution in [2.45, 2.75) is 12.5 Å². The van der Waals surface area contributed by atoms with E-state index in [4.69, 9.17) is 10.8 Å². The first kappa shape index (κ1) is 13.6. The van der Waals surface area contributed by atoms with E-state index in [1.807, 2.05) is 0 Å². The molecule has 1 amide bonds. The van der Waals surface area contributed by atoms with Crippen LogP contribution in [-0.4, -0.2) is 23.0 Å².